The molecule has 0 saturated heterocycles. The Labute approximate surface area is 83.4 Å². The monoisotopic (exact) mass is 232 g/mol. The van der Waals surface area contributed by atoms with Gasteiger partial charge in [-0.2, -0.15) is 0 Å². The van der Waals surface area contributed by atoms with Gasteiger partial charge in [0.2, 0.25) is 0 Å². The molecule has 0 radical (unpaired) electrons. The highest BCUT2D eigenvalue weighted by molar-refractivity contribution is 9.10. The average molecular weight is 233 g/mol. The smallest absolute Gasteiger partial charge is 0.148 e. The quantitative estimate of drug-likeness (QED) is 0.390. The Bertz CT molecular complexity index is 152. The van der Waals surface area contributed by atoms with Gasteiger partial charge in [-0.3, -0.25) is 4.79 Å². The third kappa shape index (κ3) is 4.70. The number of Topliss-reactive ketones (excluding diaryl/α,β-unsaturated/α-hetero) is 1. The van der Waals surface area contributed by atoms with Crippen LogP contribution >= 0.6 is 15.9 Å². The second kappa shape index (κ2) is 6.41. The molecule has 0 bridgehead atoms. The number of rotatable bonds is 6. The third-order valence-electron chi connectivity index (χ3n) is 1.74. The van der Waals surface area contributed by atoms with Crippen molar-refractivity contribution in [2.24, 2.45) is 5.92 Å². The first-order chi connectivity index (χ1) is 5.59. The van der Waals surface area contributed by atoms with Gasteiger partial charge < -0.3 is 0 Å². The van der Waals surface area contributed by atoms with E-state index >= 15 is 0 Å². The van der Waals surface area contributed by atoms with E-state index in [0.29, 0.717) is 5.78 Å². The van der Waals surface area contributed by atoms with Crippen LogP contribution in [-0.4, -0.2) is 10.6 Å². The van der Waals surface area contributed by atoms with E-state index in [1.807, 2.05) is 19.9 Å². The van der Waals surface area contributed by atoms with Crippen LogP contribution in [0.1, 0.15) is 33.1 Å². The van der Waals surface area contributed by atoms with Crippen LogP contribution in [0.5, 0.6) is 0 Å². The largest absolute Gasteiger partial charge is 0.298 e. The van der Waals surface area contributed by atoms with Crippen molar-refractivity contribution in [2.75, 3.05) is 0 Å². The van der Waals surface area contributed by atoms with Crippen molar-refractivity contribution < 1.29 is 4.79 Å². The van der Waals surface area contributed by atoms with E-state index in [0.717, 1.165) is 19.3 Å². The Morgan fingerprint density at radius 3 is 2.58 bits per heavy atom. The van der Waals surface area contributed by atoms with Gasteiger partial charge in [-0.25, -0.2) is 0 Å². The lowest BCUT2D eigenvalue weighted by molar-refractivity contribution is -0.121. The zero-order valence-corrected chi connectivity index (χ0v) is 9.43. The Morgan fingerprint density at radius 2 is 2.17 bits per heavy atom. The van der Waals surface area contributed by atoms with Gasteiger partial charge >= 0.3 is 0 Å². The SMILES string of the molecule is C=CCCCC(Br)C(=O)C(C)C. The van der Waals surface area contributed by atoms with Crippen molar-refractivity contribution in [3.05, 3.63) is 12.7 Å². The zero-order valence-electron chi connectivity index (χ0n) is 7.85. The number of alkyl halides is 1. The van der Waals surface area contributed by atoms with E-state index in [9.17, 15) is 4.79 Å². The lowest BCUT2D eigenvalue weighted by atomic mass is 10.0. The lowest BCUT2D eigenvalue weighted by Crippen LogP contribution is -2.19. The van der Waals surface area contributed by atoms with Crippen LogP contribution in [0.3, 0.4) is 0 Å². The molecule has 1 unspecified atom stereocenters. The maximum absolute atomic E-state index is 11.4. The summed E-state index contributed by atoms with van der Waals surface area (Å²) >= 11 is 3.39. The number of unbranched alkanes of at least 4 members (excludes halogenated alkanes) is 1. The number of ketones is 1. The fraction of sp³-hybridized carbons (Fsp3) is 0.700. The van der Waals surface area contributed by atoms with Gasteiger partial charge in [0, 0.05) is 5.92 Å². The summed E-state index contributed by atoms with van der Waals surface area (Å²) in [6.45, 7) is 7.51. The van der Waals surface area contributed by atoms with E-state index in [1.165, 1.54) is 0 Å². The molecule has 0 fully saturated rings. The average Bonchev–Trinajstić information content (AvgIpc) is 2.03. The third-order valence-corrected chi connectivity index (χ3v) is 2.65. The maximum Gasteiger partial charge on any atom is 0.148 e. The van der Waals surface area contributed by atoms with Crippen LogP contribution in [0.4, 0.5) is 0 Å². The predicted molar refractivity (Wildman–Crippen MR) is 56.6 cm³/mol. The second-order valence-electron chi connectivity index (χ2n) is 3.24. The molecule has 0 heterocycles. The summed E-state index contributed by atoms with van der Waals surface area (Å²) in [5.41, 5.74) is 0. The second-order valence-corrected chi connectivity index (χ2v) is 4.35. The molecule has 0 N–H and O–H groups in total. The molecule has 0 aromatic heterocycles. The molecular formula is C10H17BrO. The Hall–Kier alpha value is -0.110. The van der Waals surface area contributed by atoms with E-state index in [-0.39, 0.29) is 10.7 Å². The molecule has 0 saturated carbocycles. The molecule has 0 aliphatic carbocycles. The molecule has 0 rings (SSSR count). The summed E-state index contributed by atoms with van der Waals surface area (Å²) in [6, 6.07) is 0. The predicted octanol–water partition coefficient (Wildman–Crippen LogP) is 3.33. The van der Waals surface area contributed by atoms with Crippen molar-refractivity contribution >= 4 is 21.7 Å². The minimum atomic E-state index is 0.0393. The highest BCUT2D eigenvalue weighted by Gasteiger charge is 2.16. The number of halogens is 1. The molecule has 1 nitrogen and oxygen atoms in total. The minimum Gasteiger partial charge on any atom is -0.298 e. The van der Waals surface area contributed by atoms with Crippen LogP contribution in [-0.2, 0) is 4.79 Å². The molecule has 2 heteroatoms. The fourth-order valence-corrected chi connectivity index (χ4v) is 1.80. The molecule has 0 aliphatic heterocycles. The molecule has 0 aromatic carbocycles. The Balaban J connectivity index is 3.64. The Morgan fingerprint density at radius 1 is 1.58 bits per heavy atom. The van der Waals surface area contributed by atoms with E-state index < -0.39 is 0 Å². The van der Waals surface area contributed by atoms with Gasteiger partial charge in [-0.1, -0.05) is 35.9 Å². The molecular weight excluding hydrogens is 216 g/mol. The molecule has 1 atom stereocenters. The number of allylic oxidation sites excluding steroid dienone is 1. The summed E-state index contributed by atoms with van der Waals surface area (Å²) in [5, 5.41) is 0. The first-order valence-electron chi connectivity index (χ1n) is 4.38. The van der Waals surface area contributed by atoms with Crippen molar-refractivity contribution in [3.63, 3.8) is 0 Å². The van der Waals surface area contributed by atoms with Crippen LogP contribution in [0.15, 0.2) is 12.7 Å². The molecule has 0 spiro atoms. The highest BCUT2D eigenvalue weighted by atomic mass is 79.9. The molecule has 12 heavy (non-hydrogen) atoms. The van der Waals surface area contributed by atoms with Gasteiger partial charge in [-0.05, 0) is 19.3 Å². The van der Waals surface area contributed by atoms with Crippen molar-refractivity contribution in [1.82, 2.24) is 0 Å². The van der Waals surface area contributed by atoms with Crippen molar-refractivity contribution in [1.29, 1.82) is 0 Å². The number of hydrogen-bond acceptors (Lipinski definition) is 1. The summed E-state index contributed by atoms with van der Waals surface area (Å²) < 4.78 is 0. The van der Waals surface area contributed by atoms with Gasteiger partial charge in [0.25, 0.3) is 0 Å². The van der Waals surface area contributed by atoms with Crippen LogP contribution in [0.25, 0.3) is 0 Å². The van der Waals surface area contributed by atoms with E-state index in [2.05, 4.69) is 22.5 Å². The van der Waals surface area contributed by atoms with Crippen LogP contribution in [0.2, 0.25) is 0 Å². The minimum absolute atomic E-state index is 0.0393. The zero-order chi connectivity index (χ0) is 9.56. The highest BCUT2D eigenvalue weighted by Crippen LogP contribution is 2.15. The number of carbonyl (C=O) groups excluding carboxylic acids is 1. The summed E-state index contributed by atoms with van der Waals surface area (Å²) in [4.78, 5) is 11.4. The summed E-state index contributed by atoms with van der Waals surface area (Å²) in [6.07, 6.45) is 4.84. The normalized spacial score (nSPS) is 13.0. The molecule has 0 aliphatic rings. The van der Waals surface area contributed by atoms with Gasteiger partial charge in [0.15, 0.2) is 0 Å². The van der Waals surface area contributed by atoms with Gasteiger partial charge in [0.05, 0.1) is 4.83 Å². The summed E-state index contributed by atoms with van der Waals surface area (Å²) in [5.74, 6) is 0.442. The standard InChI is InChI=1S/C10H17BrO/c1-4-5-6-7-9(11)10(12)8(2)3/h4,8-9H,1,5-7H2,2-3H3. The Kier molecular flexibility index (Phi) is 6.35. The lowest BCUT2D eigenvalue weighted by Gasteiger charge is -2.09. The van der Waals surface area contributed by atoms with E-state index in [1.54, 1.807) is 0 Å². The molecule has 0 amide bonds. The molecule has 70 valence electrons. The summed E-state index contributed by atoms with van der Waals surface area (Å²) in [7, 11) is 0. The van der Waals surface area contributed by atoms with Crippen LogP contribution in [0, 0.1) is 5.92 Å². The van der Waals surface area contributed by atoms with Crippen molar-refractivity contribution in [2.45, 2.75) is 37.9 Å². The van der Waals surface area contributed by atoms with Gasteiger partial charge in [0.1, 0.15) is 5.78 Å². The fourth-order valence-electron chi connectivity index (χ4n) is 0.945. The maximum atomic E-state index is 11.4. The number of carbonyl (C=O) groups is 1. The van der Waals surface area contributed by atoms with Gasteiger partial charge in [-0.15, -0.1) is 6.58 Å². The van der Waals surface area contributed by atoms with Crippen molar-refractivity contribution in [3.8, 4) is 0 Å². The van der Waals surface area contributed by atoms with Crippen LogP contribution < -0.4 is 0 Å². The first kappa shape index (κ1) is 11.9. The topological polar surface area (TPSA) is 17.1 Å². The number of hydrogen-bond donors (Lipinski definition) is 0. The van der Waals surface area contributed by atoms with E-state index in [4.69, 9.17) is 0 Å². The molecule has 0 aromatic rings. The first-order valence-corrected chi connectivity index (χ1v) is 5.29.